The number of hydrogen-bond donors (Lipinski definition) is 4. The Labute approximate surface area is 219 Å². The lowest BCUT2D eigenvalue weighted by Gasteiger charge is -2.71. The molecule has 4 rings (SSSR count). The smallest absolute Gasteiger partial charge is 0.328 e. The van der Waals surface area contributed by atoms with Crippen LogP contribution < -0.4 is 5.32 Å². The zero-order chi connectivity index (χ0) is 27.6. The number of anilines is 1. The van der Waals surface area contributed by atoms with Crippen LogP contribution in [0.2, 0.25) is 0 Å². The molecule has 2 aliphatic carbocycles. The molecular weight excluding hydrogens is 474 g/mol. The van der Waals surface area contributed by atoms with Gasteiger partial charge in [0.15, 0.2) is 11.4 Å². The van der Waals surface area contributed by atoms with Crippen molar-refractivity contribution >= 4 is 17.4 Å². The van der Waals surface area contributed by atoms with Crippen LogP contribution in [0.1, 0.15) is 60.8 Å². The highest BCUT2D eigenvalue weighted by molar-refractivity contribution is 5.92. The van der Waals surface area contributed by atoms with Gasteiger partial charge in [-0.3, -0.25) is 4.79 Å². The van der Waals surface area contributed by atoms with E-state index in [1.54, 1.807) is 20.8 Å². The van der Waals surface area contributed by atoms with Crippen LogP contribution in [0.3, 0.4) is 0 Å². The van der Waals surface area contributed by atoms with E-state index in [-0.39, 0.29) is 6.42 Å². The Morgan fingerprint density at radius 3 is 2.41 bits per heavy atom. The van der Waals surface area contributed by atoms with Crippen LogP contribution >= 0.6 is 0 Å². The van der Waals surface area contributed by atoms with Crippen LogP contribution in [0, 0.1) is 16.7 Å². The highest BCUT2D eigenvalue weighted by atomic mass is 16.6. The number of aliphatic hydroxyl groups excluding tert-OH is 2. The SMILES string of the molecule is C=C[C@@]1(C)CC(=O)[C@]2(O)C3(C)C(C(OC(=O)C(C)Nc4ccccc4)C(O)[C@@]2(C)O1)C(C)(C)CC[C@@H]3O. The van der Waals surface area contributed by atoms with E-state index in [4.69, 9.17) is 9.47 Å². The van der Waals surface area contributed by atoms with Crippen molar-refractivity contribution in [3.05, 3.63) is 43.0 Å². The zero-order valence-corrected chi connectivity index (χ0v) is 22.7. The normalized spacial score (nSPS) is 43.6. The minimum atomic E-state index is -2.24. The third-order valence-corrected chi connectivity index (χ3v) is 9.50. The van der Waals surface area contributed by atoms with Gasteiger partial charge in [0, 0.05) is 23.4 Å². The Hall–Kier alpha value is -2.26. The lowest BCUT2D eigenvalue weighted by atomic mass is 9.40. The molecule has 2 saturated carbocycles. The number of ether oxygens (including phenoxy) is 2. The highest BCUT2D eigenvalue weighted by Crippen LogP contribution is 2.67. The molecule has 5 unspecified atom stereocenters. The van der Waals surface area contributed by atoms with E-state index in [1.807, 2.05) is 44.2 Å². The summed E-state index contributed by atoms with van der Waals surface area (Å²) in [6.45, 7) is 14.2. The maximum atomic E-state index is 13.8. The summed E-state index contributed by atoms with van der Waals surface area (Å²) in [4.78, 5) is 27.2. The van der Waals surface area contributed by atoms with Gasteiger partial charge in [0.25, 0.3) is 0 Å². The second kappa shape index (κ2) is 8.90. The van der Waals surface area contributed by atoms with E-state index in [0.717, 1.165) is 5.69 Å². The molecule has 0 spiro atoms. The van der Waals surface area contributed by atoms with Crippen molar-refractivity contribution in [2.45, 2.75) is 102 Å². The zero-order valence-electron chi connectivity index (χ0n) is 22.7. The Bertz CT molecular complexity index is 1080. The molecule has 1 aromatic rings. The van der Waals surface area contributed by atoms with E-state index in [0.29, 0.717) is 12.8 Å². The number of hydrogen-bond acceptors (Lipinski definition) is 8. The van der Waals surface area contributed by atoms with Crippen molar-refractivity contribution in [2.75, 3.05) is 5.32 Å². The number of nitrogens with one attached hydrogen (secondary N) is 1. The fourth-order valence-electron chi connectivity index (χ4n) is 7.48. The summed E-state index contributed by atoms with van der Waals surface area (Å²) in [6.07, 6.45) is -1.60. The van der Waals surface area contributed by atoms with Gasteiger partial charge in [-0.15, -0.1) is 6.58 Å². The van der Waals surface area contributed by atoms with Crippen LogP contribution in [0.15, 0.2) is 43.0 Å². The number of carbonyl (C=O) groups is 2. The van der Waals surface area contributed by atoms with Gasteiger partial charge in [0.05, 0.1) is 11.7 Å². The van der Waals surface area contributed by atoms with Crippen molar-refractivity contribution in [2.24, 2.45) is 16.7 Å². The van der Waals surface area contributed by atoms with Gasteiger partial charge in [-0.1, -0.05) is 45.0 Å². The minimum absolute atomic E-state index is 0.159. The molecule has 37 heavy (non-hydrogen) atoms. The first kappa shape index (κ1) is 27.8. The lowest BCUT2D eigenvalue weighted by molar-refractivity contribution is -0.370. The van der Waals surface area contributed by atoms with Gasteiger partial charge >= 0.3 is 5.97 Å². The number of aliphatic hydroxyl groups is 3. The molecular formula is C29H41NO7. The molecule has 1 aromatic carbocycles. The number of para-hydroxylation sites is 1. The fourth-order valence-corrected chi connectivity index (χ4v) is 7.48. The Morgan fingerprint density at radius 1 is 1.19 bits per heavy atom. The Morgan fingerprint density at radius 2 is 1.81 bits per heavy atom. The lowest BCUT2D eigenvalue weighted by Crippen LogP contribution is -2.86. The summed E-state index contributed by atoms with van der Waals surface area (Å²) in [7, 11) is 0. The summed E-state index contributed by atoms with van der Waals surface area (Å²) in [5.74, 6) is -1.88. The quantitative estimate of drug-likeness (QED) is 0.348. The molecule has 8 heteroatoms. The molecule has 1 aliphatic heterocycles. The highest BCUT2D eigenvalue weighted by Gasteiger charge is 2.81. The molecule has 4 N–H and O–H groups in total. The van der Waals surface area contributed by atoms with Crippen LogP contribution in [0.25, 0.3) is 0 Å². The number of rotatable bonds is 5. The first-order valence-electron chi connectivity index (χ1n) is 13.0. The number of ketones is 1. The van der Waals surface area contributed by atoms with Crippen molar-refractivity contribution in [3.8, 4) is 0 Å². The largest absolute Gasteiger partial charge is 0.458 e. The number of benzene rings is 1. The van der Waals surface area contributed by atoms with Crippen molar-refractivity contribution in [1.29, 1.82) is 0 Å². The van der Waals surface area contributed by atoms with E-state index in [2.05, 4.69) is 11.9 Å². The predicted octanol–water partition coefficient (Wildman–Crippen LogP) is 3.00. The average molecular weight is 516 g/mol. The van der Waals surface area contributed by atoms with Gasteiger partial charge in [-0.25, -0.2) is 4.79 Å². The van der Waals surface area contributed by atoms with Gasteiger partial charge in [-0.2, -0.15) is 0 Å². The van der Waals surface area contributed by atoms with Gasteiger partial charge < -0.3 is 30.1 Å². The third-order valence-electron chi connectivity index (χ3n) is 9.50. The minimum Gasteiger partial charge on any atom is -0.458 e. The first-order valence-corrected chi connectivity index (χ1v) is 13.0. The topological polar surface area (TPSA) is 125 Å². The molecule has 3 fully saturated rings. The predicted molar refractivity (Wildman–Crippen MR) is 139 cm³/mol. The van der Waals surface area contributed by atoms with E-state index >= 15 is 0 Å². The summed E-state index contributed by atoms with van der Waals surface area (Å²) in [5, 5.41) is 38.8. The standard InChI is InChI=1S/C29H41NO7/c1-8-26(5)16-20(32)29(35)27(6)19(31)14-15-25(3,4)22(27)21(23(33)28(29,7)37-26)36-24(34)17(2)30-18-12-10-9-11-13-18/h8-13,17,19,21-23,30-31,33,35H,1,14-16H2,2-7H3/t17?,19-,21?,22?,23?,26-,27?,28+,29-/m0/s1. The first-order chi connectivity index (χ1) is 17.1. The van der Waals surface area contributed by atoms with Crippen molar-refractivity contribution in [3.63, 3.8) is 0 Å². The second-order valence-electron chi connectivity index (χ2n) is 12.4. The average Bonchev–Trinajstić information content (AvgIpc) is 2.83. The van der Waals surface area contributed by atoms with Crippen molar-refractivity contribution < 1.29 is 34.4 Å². The second-order valence-corrected chi connectivity index (χ2v) is 12.4. The molecule has 3 aliphatic rings. The van der Waals surface area contributed by atoms with Gasteiger partial charge in [0.1, 0.15) is 23.9 Å². The van der Waals surface area contributed by atoms with Crippen LogP contribution in [-0.4, -0.2) is 68.2 Å². The number of Topliss-reactive ketones (excluding diaryl/α,β-unsaturated/α-hetero) is 1. The Kier molecular flexibility index (Phi) is 6.68. The van der Waals surface area contributed by atoms with E-state index < -0.39 is 69.7 Å². The molecule has 1 saturated heterocycles. The molecule has 9 atom stereocenters. The summed E-state index contributed by atoms with van der Waals surface area (Å²) < 4.78 is 12.4. The van der Waals surface area contributed by atoms with E-state index in [9.17, 15) is 24.9 Å². The van der Waals surface area contributed by atoms with Crippen LogP contribution in [0.5, 0.6) is 0 Å². The molecule has 204 valence electrons. The molecule has 0 aromatic heterocycles. The fraction of sp³-hybridized carbons (Fsp3) is 0.655. The van der Waals surface area contributed by atoms with Crippen LogP contribution in [-0.2, 0) is 19.1 Å². The molecule has 1 heterocycles. The van der Waals surface area contributed by atoms with E-state index in [1.165, 1.54) is 13.0 Å². The molecule has 0 radical (unpaired) electrons. The monoisotopic (exact) mass is 515 g/mol. The third kappa shape index (κ3) is 3.87. The molecule has 0 bridgehead atoms. The summed E-state index contributed by atoms with van der Waals surface area (Å²) >= 11 is 0. The van der Waals surface area contributed by atoms with Crippen molar-refractivity contribution in [1.82, 2.24) is 0 Å². The number of esters is 1. The number of carbonyl (C=O) groups excluding carboxylic acids is 2. The molecule has 0 amide bonds. The summed E-state index contributed by atoms with van der Waals surface area (Å²) in [6, 6.07) is 8.47. The van der Waals surface area contributed by atoms with Crippen LogP contribution in [0.4, 0.5) is 5.69 Å². The number of fused-ring (bicyclic) bond motifs is 3. The maximum absolute atomic E-state index is 13.8. The summed E-state index contributed by atoms with van der Waals surface area (Å²) in [5.41, 5.74) is -6.60. The van der Waals surface area contributed by atoms with Gasteiger partial charge in [0.2, 0.25) is 0 Å². The maximum Gasteiger partial charge on any atom is 0.328 e. The molecule has 8 nitrogen and oxygen atoms in total. The van der Waals surface area contributed by atoms with Gasteiger partial charge in [-0.05, 0) is 51.2 Å². The Balaban J connectivity index is 1.80.